The van der Waals surface area contributed by atoms with Gasteiger partial charge in [-0.15, -0.1) is 23.2 Å². The van der Waals surface area contributed by atoms with Crippen LogP contribution in [0.25, 0.3) is 0 Å². The number of halogens is 2. The molecule has 1 N–H and O–H groups in total. The van der Waals surface area contributed by atoms with Crippen LogP contribution in [0.5, 0.6) is 0 Å². The summed E-state index contributed by atoms with van der Waals surface area (Å²) in [6.45, 7) is 3.82. The normalized spacial score (nSPS) is 30.6. The molecule has 104 valence electrons. The van der Waals surface area contributed by atoms with Crippen molar-refractivity contribution in [3.8, 4) is 0 Å². The van der Waals surface area contributed by atoms with E-state index in [1.54, 1.807) is 0 Å². The average molecular weight is 303 g/mol. The molecule has 0 amide bonds. The number of Topliss-reactive ketones (excluding diaryl/α,β-unsaturated/α-hetero) is 1. The summed E-state index contributed by atoms with van der Waals surface area (Å²) in [5.74, 6) is -0.0465. The second-order valence-corrected chi connectivity index (χ2v) is 5.91. The summed E-state index contributed by atoms with van der Waals surface area (Å²) < 4.78 is 5.22. The van der Waals surface area contributed by atoms with Gasteiger partial charge in [0.1, 0.15) is 5.38 Å². The van der Waals surface area contributed by atoms with E-state index < -0.39 is 23.1 Å². The van der Waals surface area contributed by atoms with Crippen LogP contribution in [0.1, 0.15) is 27.9 Å². The van der Waals surface area contributed by atoms with E-state index in [1.165, 1.54) is 0 Å². The Morgan fingerprint density at radius 1 is 1.32 bits per heavy atom. The number of alkyl halides is 2. The van der Waals surface area contributed by atoms with Crippen molar-refractivity contribution in [3.63, 3.8) is 0 Å². The summed E-state index contributed by atoms with van der Waals surface area (Å²) in [5.41, 5.74) is 2.61. The van der Waals surface area contributed by atoms with Crippen molar-refractivity contribution in [2.24, 2.45) is 0 Å². The van der Waals surface area contributed by atoms with E-state index in [0.717, 1.165) is 11.1 Å². The third-order valence-electron chi connectivity index (χ3n) is 3.33. The Labute approximate surface area is 122 Å². The Bertz CT molecular complexity index is 490. The lowest BCUT2D eigenvalue weighted by Crippen LogP contribution is -2.25. The number of carbonyl (C=O) groups excluding carboxylic acids is 1. The molecule has 1 aromatic rings. The standard InChI is InChI=1S/C14H16Cl2O3/c1-7-3-4-8(2)9(5-7)10(17)6-11-12(15)13(16)14(18)19-11/h3-5,11-14,18H,6H2,1-2H3/t11-,12-,13-,14+/m0/s1. The first-order valence-electron chi connectivity index (χ1n) is 6.12. The van der Waals surface area contributed by atoms with Crippen LogP contribution < -0.4 is 0 Å². The lowest BCUT2D eigenvalue weighted by Gasteiger charge is -2.13. The fraction of sp³-hybridized carbons (Fsp3) is 0.500. The van der Waals surface area contributed by atoms with Crippen LogP contribution in [-0.4, -0.2) is 34.0 Å². The summed E-state index contributed by atoms with van der Waals surface area (Å²) in [7, 11) is 0. The molecule has 0 aromatic heterocycles. The molecule has 3 nitrogen and oxygen atoms in total. The van der Waals surface area contributed by atoms with Crippen molar-refractivity contribution >= 4 is 29.0 Å². The van der Waals surface area contributed by atoms with Crippen molar-refractivity contribution in [2.75, 3.05) is 0 Å². The average Bonchev–Trinajstić information content (AvgIpc) is 2.60. The maximum atomic E-state index is 12.3. The van der Waals surface area contributed by atoms with Gasteiger partial charge in [-0.3, -0.25) is 4.79 Å². The van der Waals surface area contributed by atoms with Crippen LogP contribution in [0.2, 0.25) is 0 Å². The van der Waals surface area contributed by atoms with Gasteiger partial charge in [-0.2, -0.15) is 0 Å². The number of carbonyl (C=O) groups is 1. The van der Waals surface area contributed by atoms with Crippen molar-refractivity contribution in [1.29, 1.82) is 0 Å². The predicted octanol–water partition coefficient (Wildman–Crippen LogP) is 2.81. The van der Waals surface area contributed by atoms with Crippen LogP contribution in [0, 0.1) is 13.8 Å². The van der Waals surface area contributed by atoms with E-state index in [2.05, 4.69) is 0 Å². The maximum absolute atomic E-state index is 12.3. The summed E-state index contributed by atoms with van der Waals surface area (Å²) in [6, 6.07) is 5.72. The number of hydrogen-bond donors (Lipinski definition) is 1. The van der Waals surface area contributed by atoms with Gasteiger partial charge in [0.05, 0.1) is 11.5 Å². The molecule has 1 fully saturated rings. The Morgan fingerprint density at radius 2 is 2.00 bits per heavy atom. The van der Waals surface area contributed by atoms with Crippen LogP contribution >= 0.6 is 23.2 Å². The fourth-order valence-electron chi connectivity index (χ4n) is 2.18. The zero-order valence-electron chi connectivity index (χ0n) is 10.8. The second kappa shape index (κ2) is 5.80. The quantitative estimate of drug-likeness (QED) is 0.690. The number of aliphatic hydroxyl groups is 1. The minimum absolute atomic E-state index is 0.0465. The molecule has 1 heterocycles. The van der Waals surface area contributed by atoms with Crippen molar-refractivity contribution in [1.82, 2.24) is 0 Å². The molecule has 0 aliphatic carbocycles. The van der Waals surface area contributed by atoms with Gasteiger partial charge in [0.2, 0.25) is 0 Å². The first-order chi connectivity index (χ1) is 8.90. The summed E-state index contributed by atoms with van der Waals surface area (Å²) in [6.07, 6.45) is -1.54. The van der Waals surface area contributed by atoms with Gasteiger partial charge < -0.3 is 9.84 Å². The smallest absolute Gasteiger partial charge is 0.172 e. The van der Waals surface area contributed by atoms with E-state index in [0.29, 0.717) is 5.56 Å². The highest BCUT2D eigenvalue weighted by Gasteiger charge is 2.42. The first-order valence-corrected chi connectivity index (χ1v) is 6.99. The third-order valence-corrected chi connectivity index (χ3v) is 4.49. The number of ether oxygens (including phenoxy) is 1. The second-order valence-electron chi connectivity index (χ2n) is 4.90. The summed E-state index contributed by atoms with van der Waals surface area (Å²) >= 11 is 11.9. The number of aryl methyl sites for hydroxylation is 2. The molecule has 5 heteroatoms. The van der Waals surface area contributed by atoms with E-state index in [-0.39, 0.29) is 12.2 Å². The van der Waals surface area contributed by atoms with Crippen LogP contribution in [0.15, 0.2) is 18.2 Å². The minimum Gasteiger partial charge on any atom is -0.367 e. The maximum Gasteiger partial charge on any atom is 0.172 e. The Balaban J connectivity index is 2.12. The Morgan fingerprint density at radius 3 is 2.58 bits per heavy atom. The topological polar surface area (TPSA) is 46.5 Å². The van der Waals surface area contributed by atoms with Crippen molar-refractivity contribution in [3.05, 3.63) is 34.9 Å². The van der Waals surface area contributed by atoms with E-state index in [1.807, 2.05) is 32.0 Å². The lowest BCUT2D eigenvalue weighted by atomic mass is 9.97. The molecule has 0 bridgehead atoms. The number of rotatable bonds is 3. The predicted molar refractivity (Wildman–Crippen MR) is 75.0 cm³/mol. The monoisotopic (exact) mass is 302 g/mol. The largest absolute Gasteiger partial charge is 0.367 e. The molecule has 0 spiro atoms. The minimum atomic E-state index is -1.11. The fourth-order valence-corrected chi connectivity index (χ4v) is 2.68. The van der Waals surface area contributed by atoms with Gasteiger partial charge in [-0.25, -0.2) is 0 Å². The lowest BCUT2D eigenvalue weighted by molar-refractivity contribution is -0.0876. The van der Waals surface area contributed by atoms with E-state index in [4.69, 9.17) is 27.9 Å². The Kier molecular flexibility index (Phi) is 4.51. The highest BCUT2D eigenvalue weighted by molar-refractivity contribution is 6.31. The molecule has 0 saturated carbocycles. The number of benzene rings is 1. The van der Waals surface area contributed by atoms with Crippen molar-refractivity contribution < 1.29 is 14.6 Å². The molecule has 19 heavy (non-hydrogen) atoms. The molecule has 0 unspecified atom stereocenters. The van der Waals surface area contributed by atoms with E-state index in [9.17, 15) is 9.90 Å². The van der Waals surface area contributed by atoms with Crippen LogP contribution in [0.4, 0.5) is 0 Å². The summed E-state index contributed by atoms with van der Waals surface area (Å²) in [4.78, 5) is 12.3. The molecule has 0 radical (unpaired) electrons. The van der Waals surface area contributed by atoms with Gasteiger partial charge >= 0.3 is 0 Å². The molecule has 1 saturated heterocycles. The van der Waals surface area contributed by atoms with Crippen LogP contribution in [0.3, 0.4) is 0 Å². The zero-order chi connectivity index (χ0) is 14.2. The van der Waals surface area contributed by atoms with Crippen molar-refractivity contribution in [2.45, 2.75) is 43.4 Å². The SMILES string of the molecule is Cc1ccc(C)c(C(=O)C[C@@H]2O[C@@H](O)[C@@H](Cl)[C@H]2Cl)c1. The van der Waals surface area contributed by atoms with Gasteiger partial charge in [-0.05, 0) is 25.5 Å². The number of aliphatic hydroxyl groups excluding tert-OH is 1. The van der Waals surface area contributed by atoms with Gasteiger partial charge in [0.25, 0.3) is 0 Å². The van der Waals surface area contributed by atoms with E-state index >= 15 is 0 Å². The molecular weight excluding hydrogens is 287 g/mol. The Hall–Kier alpha value is -0.610. The summed E-state index contributed by atoms with van der Waals surface area (Å²) in [5, 5.41) is 8.22. The molecule has 1 aliphatic heterocycles. The molecule has 2 rings (SSSR count). The first kappa shape index (κ1) is 14.8. The van der Waals surface area contributed by atoms with Gasteiger partial charge in [-0.1, -0.05) is 17.7 Å². The number of ketones is 1. The number of hydrogen-bond acceptors (Lipinski definition) is 3. The molecule has 4 atom stereocenters. The zero-order valence-corrected chi connectivity index (χ0v) is 12.3. The molecule has 1 aliphatic rings. The van der Waals surface area contributed by atoms with Gasteiger partial charge in [0.15, 0.2) is 12.1 Å². The molecular formula is C14H16Cl2O3. The highest BCUT2D eigenvalue weighted by Crippen LogP contribution is 2.31. The molecule has 1 aromatic carbocycles. The third kappa shape index (κ3) is 3.11. The van der Waals surface area contributed by atoms with Crippen LogP contribution in [-0.2, 0) is 4.74 Å². The van der Waals surface area contributed by atoms with Gasteiger partial charge in [0, 0.05) is 12.0 Å². The highest BCUT2D eigenvalue weighted by atomic mass is 35.5.